The number of carbonyl (C=O) groups is 1. The first-order chi connectivity index (χ1) is 14.8. The highest BCUT2D eigenvalue weighted by Gasteiger charge is 2.24. The van der Waals surface area contributed by atoms with Gasteiger partial charge in [0.1, 0.15) is 5.82 Å². The molecule has 0 unspecified atom stereocenters. The van der Waals surface area contributed by atoms with Gasteiger partial charge in [0.2, 0.25) is 0 Å². The van der Waals surface area contributed by atoms with Crippen molar-refractivity contribution in [2.45, 2.75) is 25.8 Å². The van der Waals surface area contributed by atoms with Gasteiger partial charge in [-0.1, -0.05) is 35.9 Å². The number of rotatable bonds is 12. The molecule has 0 fully saturated rings. The van der Waals surface area contributed by atoms with E-state index in [1.165, 1.54) is 12.1 Å². The molecule has 2 aromatic carbocycles. The molecule has 0 radical (unpaired) electrons. The molecule has 170 valence electrons. The van der Waals surface area contributed by atoms with Crippen LogP contribution in [0.5, 0.6) is 0 Å². The number of hydrogen-bond acceptors (Lipinski definition) is 5. The van der Waals surface area contributed by atoms with Crippen LogP contribution >= 0.6 is 11.6 Å². The van der Waals surface area contributed by atoms with Crippen LogP contribution in [-0.4, -0.2) is 57.4 Å². The van der Waals surface area contributed by atoms with E-state index in [2.05, 4.69) is 0 Å². The number of ether oxygens (including phenoxy) is 2. The van der Waals surface area contributed by atoms with E-state index in [1.807, 2.05) is 36.2 Å². The Morgan fingerprint density at radius 2 is 1.94 bits per heavy atom. The lowest BCUT2D eigenvalue weighted by Crippen LogP contribution is -2.38. The third-order valence-corrected chi connectivity index (χ3v) is 5.34. The van der Waals surface area contributed by atoms with Gasteiger partial charge in [0.05, 0.1) is 19.1 Å². The van der Waals surface area contributed by atoms with Crippen molar-refractivity contribution in [1.82, 2.24) is 4.90 Å². The molecule has 0 saturated carbocycles. The van der Waals surface area contributed by atoms with Gasteiger partial charge < -0.3 is 20.1 Å². The molecular formula is C24H32ClFN2O3. The molecule has 0 aliphatic rings. The van der Waals surface area contributed by atoms with Crippen molar-refractivity contribution in [2.24, 2.45) is 11.7 Å². The van der Waals surface area contributed by atoms with Crippen LogP contribution in [-0.2, 0) is 20.7 Å². The smallest absolute Gasteiger partial charge is 0.310 e. The first kappa shape index (κ1) is 25.3. The number of nitrogens with zero attached hydrogens (tertiary/aromatic N) is 1. The van der Waals surface area contributed by atoms with Gasteiger partial charge in [-0.2, -0.15) is 0 Å². The van der Waals surface area contributed by atoms with E-state index in [4.69, 9.17) is 26.8 Å². The van der Waals surface area contributed by atoms with Crippen LogP contribution in [0.2, 0.25) is 5.02 Å². The summed E-state index contributed by atoms with van der Waals surface area (Å²) >= 11 is 6.00. The van der Waals surface area contributed by atoms with Crippen LogP contribution in [0.25, 0.3) is 11.1 Å². The van der Waals surface area contributed by atoms with Gasteiger partial charge in [-0.3, -0.25) is 4.79 Å². The summed E-state index contributed by atoms with van der Waals surface area (Å²) in [6, 6.07) is 11.9. The van der Waals surface area contributed by atoms with Crippen molar-refractivity contribution < 1.29 is 18.7 Å². The van der Waals surface area contributed by atoms with Crippen molar-refractivity contribution in [3.05, 3.63) is 58.9 Å². The monoisotopic (exact) mass is 450 g/mol. The SMILES string of the molecule is CCOC(=O)[C@@H](C[C@H](N)Cc1ccc(-c2cc(Cl)ccc2F)cc1)CN(C)CCOC. The highest BCUT2D eigenvalue weighted by atomic mass is 35.5. The predicted molar refractivity (Wildman–Crippen MR) is 123 cm³/mol. The van der Waals surface area contributed by atoms with E-state index >= 15 is 0 Å². The highest BCUT2D eigenvalue weighted by Crippen LogP contribution is 2.26. The fraction of sp³-hybridized carbons (Fsp3) is 0.458. The summed E-state index contributed by atoms with van der Waals surface area (Å²) < 4.78 is 24.4. The van der Waals surface area contributed by atoms with Gasteiger partial charge in [-0.05, 0) is 56.1 Å². The molecule has 31 heavy (non-hydrogen) atoms. The fourth-order valence-electron chi connectivity index (χ4n) is 3.51. The van der Waals surface area contributed by atoms with Gasteiger partial charge in [0, 0.05) is 36.8 Å². The van der Waals surface area contributed by atoms with E-state index in [1.54, 1.807) is 20.1 Å². The number of esters is 1. The summed E-state index contributed by atoms with van der Waals surface area (Å²) in [4.78, 5) is 14.5. The Bertz CT molecular complexity index is 832. The molecule has 2 rings (SSSR count). The van der Waals surface area contributed by atoms with Crippen LogP contribution in [0.1, 0.15) is 18.9 Å². The Morgan fingerprint density at radius 1 is 1.23 bits per heavy atom. The topological polar surface area (TPSA) is 64.8 Å². The summed E-state index contributed by atoms with van der Waals surface area (Å²) in [5, 5.41) is 0.489. The normalized spacial score (nSPS) is 13.3. The molecule has 0 saturated heterocycles. The maximum Gasteiger partial charge on any atom is 0.310 e. The third kappa shape index (κ3) is 8.22. The minimum atomic E-state index is -0.316. The van der Waals surface area contributed by atoms with E-state index in [-0.39, 0.29) is 23.7 Å². The molecule has 2 aromatic rings. The first-order valence-electron chi connectivity index (χ1n) is 10.5. The number of likely N-dealkylation sites (N-methyl/N-ethyl adjacent to an activating group) is 1. The molecule has 0 amide bonds. The number of benzene rings is 2. The van der Waals surface area contributed by atoms with Crippen molar-refractivity contribution in [3.8, 4) is 11.1 Å². The zero-order valence-corrected chi connectivity index (χ0v) is 19.2. The van der Waals surface area contributed by atoms with Gasteiger partial charge in [0.25, 0.3) is 0 Å². The molecule has 0 heterocycles. The van der Waals surface area contributed by atoms with Crippen LogP contribution in [0.3, 0.4) is 0 Å². The van der Waals surface area contributed by atoms with Crippen molar-refractivity contribution in [1.29, 1.82) is 0 Å². The average molecular weight is 451 g/mol. The molecular weight excluding hydrogens is 419 g/mol. The maximum atomic E-state index is 14.1. The van der Waals surface area contributed by atoms with E-state index < -0.39 is 0 Å². The largest absolute Gasteiger partial charge is 0.466 e. The molecule has 2 N–H and O–H groups in total. The average Bonchev–Trinajstić information content (AvgIpc) is 2.74. The van der Waals surface area contributed by atoms with Crippen LogP contribution in [0, 0.1) is 11.7 Å². The van der Waals surface area contributed by atoms with E-state index in [9.17, 15) is 9.18 Å². The second-order valence-corrected chi connectivity index (χ2v) is 8.16. The Hall–Kier alpha value is -1.99. The third-order valence-electron chi connectivity index (χ3n) is 5.11. The highest BCUT2D eigenvalue weighted by molar-refractivity contribution is 6.30. The van der Waals surface area contributed by atoms with E-state index in [0.29, 0.717) is 43.2 Å². The minimum Gasteiger partial charge on any atom is -0.466 e. The van der Waals surface area contributed by atoms with Crippen LogP contribution in [0.15, 0.2) is 42.5 Å². The lowest BCUT2D eigenvalue weighted by molar-refractivity contribution is -0.149. The summed E-state index contributed by atoms with van der Waals surface area (Å²) in [6.07, 6.45) is 1.12. The number of hydrogen-bond donors (Lipinski definition) is 1. The van der Waals surface area contributed by atoms with Crippen LogP contribution < -0.4 is 5.73 Å². The second kappa shape index (κ2) is 12.8. The molecule has 0 aromatic heterocycles. The van der Waals surface area contributed by atoms with Gasteiger partial charge in [0.15, 0.2) is 0 Å². The molecule has 0 spiro atoms. The standard InChI is InChI=1S/C24H32ClFN2O3/c1-4-31-24(29)19(16-28(2)11-12-30-3)14-21(27)13-17-5-7-18(8-6-17)22-15-20(25)9-10-23(22)26/h5-10,15,19,21H,4,11-14,16,27H2,1-3H3/t19-,21+/m0/s1. The Morgan fingerprint density at radius 3 is 2.58 bits per heavy atom. The second-order valence-electron chi connectivity index (χ2n) is 7.73. The summed E-state index contributed by atoms with van der Waals surface area (Å²) in [7, 11) is 3.60. The van der Waals surface area contributed by atoms with Crippen molar-refractivity contribution in [3.63, 3.8) is 0 Å². The number of carbonyl (C=O) groups excluding carboxylic acids is 1. The summed E-state index contributed by atoms with van der Waals surface area (Å²) in [6.45, 7) is 4.02. The fourth-order valence-corrected chi connectivity index (χ4v) is 3.68. The van der Waals surface area contributed by atoms with Crippen molar-refractivity contribution in [2.75, 3.05) is 40.5 Å². The first-order valence-corrected chi connectivity index (χ1v) is 10.9. The van der Waals surface area contributed by atoms with Gasteiger partial charge >= 0.3 is 5.97 Å². The zero-order valence-electron chi connectivity index (χ0n) is 18.4. The summed E-state index contributed by atoms with van der Waals surface area (Å²) in [5.74, 6) is -0.852. The quantitative estimate of drug-likeness (QED) is 0.492. The van der Waals surface area contributed by atoms with Crippen LogP contribution in [0.4, 0.5) is 4.39 Å². The Kier molecular flexibility index (Phi) is 10.4. The van der Waals surface area contributed by atoms with Gasteiger partial charge in [-0.25, -0.2) is 4.39 Å². The molecule has 2 atom stereocenters. The van der Waals surface area contributed by atoms with E-state index in [0.717, 1.165) is 17.7 Å². The van der Waals surface area contributed by atoms with Gasteiger partial charge in [-0.15, -0.1) is 0 Å². The number of methoxy groups -OCH3 is 1. The Labute approximate surface area is 189 Å². The molecule has 0 bridgehead atoms. The minimum absolute atomic E-state index is 0.209. The molecule has 5 nitrogen and oxygen atoms in total. The number of halogens is 2. The molecule has 0 aliphatic carbocycles. The lowest BCUT2D eigenvalue weighted by atomic mass is 9.94. The summed E-state index contributed by atoms with van der Waals surface area (Å²) in [5.41, 5.74) is 8.62. The lowest BCUT2D eigenvalue weighted by Gasteiger charge is -2.25. The van der Waals surface area contributed by atoms with Crippen molar-refractivity contribution >= 4 is 17.6 Å². The number of nitrogens with two attached hydrogens (primary N) is 1. The predicted octanol–water partition coefficient (Wildman–Crippen LogP) is 4.16. The maximum absolute atomic E-state index is 14.1. The molecule has 0 aliphatic heterocycles. The molecule has 7 heteroatoms. The Balaban J connectivity index is 2.01. The zero-order chi connectivity index (χ0) is 22.8.